The van der Waals surface area contributed by atoms with Crippen molar-refractivity contribution in [3.05, 3.63) is 52.1 Å². The van der Waals surface area contributed by atoms with Gasteiger partial charge in [-0.05, 0) is 29.8 Å². The third-order valence-electron chi connectivity index (χ3n) is 2.14. The average molecular weight is 285 g/mol. The lowest BCUT2D eigenvalue weighted by Gasteiger charge is -2.03. The number of rotatable bonds is 3. The van der Waals surface area contributed by atoms with Gasteiger partial charge < -0.3 is 5.73 Å². The van der Waals surface area contributed by atoms with Crippen LogP contribution in [0.25, 0.3) is 0 Å². The Hall–Kier alpha value is -0.900. The highest BCUT2D eigenvalue weighted by atomic mass is 35.5. The predicted octanol–water partition coefficient (Wildman–Crippen LogP) is 4.26. The molecule has 0 amide bonds. The van der Waals surface area contributed by atoms with Crippen molar-refractivity contribution < 1.29 is 0 Å². The summed E-state index contributed by atoms with van der Waals surface area (Å²) in [7, 11) is 0. The highest BCUT2D eigenvalue weighted by Gasteiger charge is 2.01. The Labute approximate surface area is 114 Å². The lowest BCUT2D eigenvalue weighted by atomic mass is 10.3. The first-order valence-electron chi connectivity index (χ1n) is 4.93. The Bertz CT molecular complexity index is 514. The first-order valence-corrected chi connectivity index (χ1v) is 6.67. The maximum atomic E-state index is 5.94. The summed E-state index contributed by atoms with van der Waals surface area (Å²) in [5, 5.41) is 1.15. The van der Waals surface area contributed by atoms with Crippen LogP contribution in [0.4, 0.5) is 5.82 Å². The maximum absolute atomic E-state index is 5.94. The molecular formula is C12H10Cl2N2S. The van der Waals surface area contributed by atoms with Gasteiger partial charge in [-0.15, -0.1) is 11.8 Å². The van der Waals surface area contributed by atoms with Gasteiger partial charge in [-0.1, -0.05) is 29.3 Å². The number of halogens is 2. The summed E-state index contributed by atoms with van der Waals surface area (Å²) in [6.45, 7) is 0. The van der Waals surface area contributed by atoms with E-state index < -0.39 is 0 Å². The van der Waals surface area contributed by atoms with Crippen molar-refractivity contribution in [3.8, 4) is 0 Å². The van der Waals surface area contributed by atoms with Crippen molar-refractivity contribution >= 4 is 40.8 Å². The van der Waals surface area contributed by atoms with Crippen molar-refractivity contribution in [1.82, 2.24) is 4.98 Å². The number of thioether (sulfide) groups is 1. The number of pyridine rings is 1. The molecule has 1 aromatic heterocycles. The minimum absolute atomic E-state index is 0.535. The lowest BCUT2D eigenvalue weighted by Crippen LogP contribution is -1.90. The first-order chi connectivity index (χ1) is 8.15. The van der Waals surface area contributed by atoms with Crippen LogP contribution in [0.5, 0.6) is 0 Å². The molecule has 0 atom stereocenters. The molecule has 0 aliphatic heterocycles. The number of anilines is 1. The number of aromatic nitrogens is 1. The van der Waals surface area contributed by atoms with E-state index in [1.54, 1.807) is 30.1 Å². The number of nitrogens with zero attached hydrogens (tertiary/aromatic N) is 1. The second kappa shape index (κ2) is 5.63. The molecule has 0 aliphatic carbocycles. The zero-order chi connectivity index (χ0) is 12.3. The van der Waals surface area contributed by atoms with Crippen molar-refractivity contribution in [2.45, 2.75) is 10.6 Å². The van der Waals surface area contributed by atoms with E-state index in [0.29, 0.717) is 15.9 Å². The van der Waals surface area contributed by atoms with Gasteiger partial charge in [0.25, 0.3) is 0 Å². The number of nitrogens with two attached hydrogens (primary N) is 1. The van der Waals surface area contributed by atoms with E-state index in [-0.39, 0.29) is 0 Å². The van der Waals surface area contributed by atoms with Gasteiger partial charge in [0.1, 0.15) is 5.82 Å². The number of hydrogen-bond donors (Lipinski definition) is 1. The first kappa shape index (κ1) is 12.6. The monoisotopic (exact) mass is 284 g/mol. The fourth-order valence-electron chi connectivity index (χ4n) is 1.25. The van der Waals surface area contributed by atoms with E-state index in [9.17, 15) is 0 Å². The molecule has 2 rings (SSSR count). The van der Waals surface area contributed by atoms with Gasteiger partial charge in [0.05, 0.1) is 10.0 Å². The van der Waals surface area contributed by atoms with Crippen LogP contribution in [0, 0.1) is 0 Å². The molecule has 17 heavy (non-hydrogen) atoms. The molecular weight excluding hydrogens is 275 g/mol. The van der Waals surface area contributed by atoms with E-state index in [4.69, 9.17) is 28.9 Å². The third-order valence-corrected chi connectivity index (χ3v) is 3.95. The Morgan fingerprint density at radius 2 is 1.94 bits per heavy atom. The molecule has 2 N–H and O–H groups in total. The Morgan fingerprint density at radius 1 is 1.12 bits per heavy atom. The minimum Gasteiger partial charge on any atom is -0.384 e. The molecule has 0 unspecified atom stereocenters. The van der Waals surface area contributed by atoms with E-state index in [0.717, 1.165) is 16.2 Å². The summed E-state index contributed by atoms with van der Waals surface area (Å²) < 4.78 is 0. The normalized spacial score (nSPS) is 10.5. The Kier molecular flexibility index (Phi) is 4.15. The van der Waals surface area contributed by atoms with Crippen LogP contribution in [0.2, 0.25) is 10.0 Å². The molecule has 1 aromatic carbocycles. The SMILES string of the molecule is Nc1ccc(CSc2ccc(Cl)c(Cl)c2)cn1. The van der Waals surface area contributed by atoms with Gasteiger partial charge in [-0.2, -0.15) is 0 Å². The Morgan fingerprint density at radius 3 is 2.59 bits per heavy atom. The molecule has 2 aromatic rings. The summed E-state index contributed by atoms with van der Waals surface area (Å²) >= 11 is 13.5. The summed E-state index contributed by atoms with van der Waals surface area (Å²) in [4.78, 5) is 5.12. The van der Waals surface area contributed by atoms with Crippen LogP contribution in [0.3, 0.4) is 0 Å². The van der Waals surface area contributed by atoms with Crippen LogP contribution < -0.4 is 5.73 Å². The summed E-state index contributed by atoms with van der Waals surface area (Å²) in [5.41, 5.74) is 6.64. The Balaban J connectivity index is 2.02. The average Bonchev–Trinajstić information content (AvgIpc) is 2.33. The molecule has 5 heteroatoms. The molecule has 0 fully saturated rings. The zero-order valence-corrected chi connectivity index (χ0v) is 11.2. The van der Waals surface area contributed by atoms with Gasteiger partial charge in [0, 0.05) is 16.8 Å². The zero-order valence-electron chi connectivity index (χ0n) is 8.86. The van der Waals surface area contributed by atoms with Crippen LogP contribution in [-0.4, -0.2) is 4.98 Å². The second-order valence-corrected chi connectivity index (χ2v) is 5.32. The van der Waals surface area contributed by atoms with Crippen molar-refractivity contribution in [2.24, 2.45) is 0 Å². The maximum Gasteiger partial charge on any atom is 0.123 e. The number of hydrogen-bond acceptors (Lipinski definition) is 3. The van der Waals surface area contributed by atoms with Crippen LogP contribution in [0.15, 0.2) is 41.4 Å². The summed E-state index contributed by atoms with van der Waals surface area (Å²) in [6, 6.07) is 9.37. The highest BCUT2D eigenvalue weighted by molar-refractivity contribution is 7.98. The summed E-state index contributed by atoms with van der Waals surface area (Å²) in [5.74, 6) is 1.36. The highest BCUT2D eigenvalue weighted by Crippen LogP contribution is 2.29. The molecule has 88 valence electrons. The van der Waals surface area contributed by atoms with E-state index >= 15 is 0 Å². The van der Waals surface area contributed by atoms with E-state index in [1.807, 2.05) is 18.2 Å². The summed E-state index contributed by atoms with van der Waals surface area (Å²) in [6.07, 6.45) is 1.78. The van der Waals surface area contributed by atoms with Gasteiger partial charge in [0.2, 0.25) is 0 Å². The third kappa shape index (κ3) is 3.53. The molecule has 0 aliphatic rings. The van der Waals surface area contributed by atoms with Crippen molar-refractivity contribution in [3.63, 3.8) is 0 Å². The van der Waals surface area contributed by atoms with Gasteiger partial charge in [-0.25, -0.2) is 4.98 Å². The number of benzene rings is 1. The molecule has 0 radical (unpaired) electrons. The molecule has 0 spiro atoms. The topological polar surface area (TPSA) is 38.9 Å². The molecule has 2 nitrogen and oxygen atoms in total. The molecule has 1 heterocycles. The molecule has 0 bridgehead atoms. The number of nitrogen functional groups attached to an aromatic ring is 1. The molecule has 0 saturated carbocycles. The van der Waals surface area contributed by atoms with Crippen LogP contribution in [-0.2, 0) is 5.75 Å². The fraction of sp³-hybridized carbons (Fsp3) is 0.0833. The van der Waals surface area contributed by atoms with Crippen LogP contribution in [0.1, 0.15) is 5.56 Å². The molecule has 0 saturated heterocycles. The van der Waals surface area contributed by atoms with Gasteiger partial charge in [0.15, 0.2) is 0 Å². The van der Waals surface area contributed by atoms with E-state index in [1.165, 1.54) is 0 Å². The standard InChI is InChI=1S/C12H10Cl2N2S/c13-10-3-2-9(5-11(10)14)17-7-8-1-4-12(15)16-6-8/h1-6H,7H2,(H2,15,16). The second-order valence-electron chi connectivity index (χ2n) is 3.46. The lowest BCUT2D eigenvalue weighted by molar-refractivity contribution is 1.26. The van der Waals surface area contributed by atoms with Crippen molar-refractivity contribution in [2.75, 3.05) is 5.73 Å². The van der Waals surface area contributed by atoms with Crippen molar-refractivity contribution in [1.29, 1.82) is 0 Å². The quantitative estimate of drug-likeness (QED) is 0.856. The van der Waals surface area contributed by atoms with Gasteiger partial charge in [-0.3, -0.25) is 0 Å². The minimum atomic E-state index is 0.535. The smallest absolute Gasteiger partial charge is 0.123 e. The van der Waals surface area contributed by atoms with Gasteiger partial charge >= 0.3 is 0 Å². The largest absolute Gasteiger partial charge is 0.384 e. The van der Waals surface area contributed by atoms with E-state index in [2.05, 4.69) is 4.98 Å². The predicted molar refractivity (Wildman–Crippen MR) is 74.7 cm³/mol. The fourth-order valence-corrected chi connectivity index (χ4v) is 2.49. The van der Waals surface area contributed by atoms with Crippen LogP contribution >= 0.6 is 35.0 Å².